The second-order valence-corrected chi connectivity index (χ2v) is 18.0. The van der Waals surface area contributed by atoms with E-state index < -0.39 is 24.3 Å². The van der Waals surface area contributed by atoms with Crippen molar-refractivity contribution in [1.82, 2.24) is 40.4 Å². The van der Waals surface area contributed by atoms with Crippen molar-refractivity contribution in [1.29, 1.82) is 0 Å². The first kappa shape index (κ1) is 43.1. The lowest BCUT2D eigenvalue weighted by atomic mass is 9.90. The number of benzene rings is 3. The number of hydrogen-bond acceptors (Lipinski definition) is 10. The number of aromatic nitrogens is 4. The number of carbonyl (C=O) groups excluding carboxylic acids is 4. The number of rotatable bonds is 10. The molecule has 0 saturated carbocycles. The largest absolute Gasteiger partial charge is 0.488 e. The molecule has 9 rings (SSSR count). The normalized spacial score (nSPS) is 21.9. The standard InChI is InChI=1S/C48H58N8O8/c1-7-31-11-15-38(56(31)46(58)41(54-48(60)62-6)27-16-18-63-19-17-27)44-50-35-13-10-28-21-34-32-12-9-29(20-30(32)24-64-39(34)22-33(28)42(35)52-44)36-23-49-43(51-36)37-14-8-26(4)55(37)45(57)40(25(2)3)53-47(59)61-5/h9-10,12-13,20-23,25-27,31,37-38,40-41H,7-8,11,14-19,24H2,1-6H3,(H,49,51)(H,50,52)(H,53,59)(H,54,60)/t26-,31-,37-,38?,40-,41-/m0/s1. The van der Waals surface area contributed by atoms with Crippen LogP contribution in [-0.2, 0) is 30.4 Å². The molecule has 0 bridgehead atoms. The molecule has 16 heteroatoms. The summed E-state index contributed by atoms with van der Waals surface area (Å²) in [6.45, 7) is 9.42. The van der Waals surface area contributed by atoms with Gasteiger partial charge in [0, 0.05) is 36.2 Å². The Balaban J connectivity index is 0.971. The number of hydrogen-bond donors (Lipinski definition) is 4. The lowest BCUT2D eigenvalue weighted by Crippen LogP contribution is -2.54. The van der Waals surface area contributed by atoms with Crippen LogP contribution in [-0.4, -0.2) is 105 Å². The van der Waals surface area contributed by atoms with Crippen LogP contribution in [0.3, 0.4) is 0 Å². The average Bonchev–Trinajstić information content (AvgIpc) is 4.14. The van der Waals surface area contributed by atoms with E-state index in [1.807, 2.05) is 42.8 Å². The van der Waals surface area contributed by atoms with Crippen molar-refractivity contribution in [3.05, 3.63) is 65.9 Å². The number of nitrogens with one attached hydrogen (secondary N) is 4. The Kier molecular flexibility index (Phi) is 12.0. The van der Waals surface area contributed by atoms with Gasteiger partial charge in [-0.25, -0.2) is 19.6 Å². The van der Waals surface area contributed by atoms with E-state index in [-0.39, 0.29) is 47.8 Å². The fourth-order valence-electron chi connectivity index (χ4n) is 10.4. The summed E-state index contributed by atoms with van der Waals surface area (Å²) in [6.07, 6.45) is 5.88. The number of methoxy groups -OCH3 is 2. The van der Waals surface area contributed by atoms with Gasteiger partial charge in [0.2, 0.25) is 11.8 Å². The van der Waals surface area contributed by atoms with Crippen LogP contribution >= 0.6 is 0 Å². The Morgan fingerprint density at radius 1 is 0.844 bits per heavy atom. The second kappa shape index (κ2) is 17.8. The molecule has 1 unspecified atom stereocenters. The summed E-state index contributed by atoms with van der Waals surface area (Å²) in [4.78, 5) is 73.9. The number of ether oxygens (including phenoxy) is 4. The first-order valence-corrected chi connectivity index (χ1v) is 22.7. The molecule has 6 atom stereocenters. The number of imidazole rings is 2. The molecular weight excluding hydrogens is 817 g/mol. The Bertz CT molecular complexity index is 2580. The van der Waals surface area contributed by atoms with Crippen molar-refractivity contribution < 1.29 is 38.1 Å². The molecule has 2 aromatic heterocycles. The lowest BCUT2D eigenvalue weighted by Gasteiger charge is -2.36. The molecular formula is C48H58N8O8. The minimum atomic E-state index is -0.721. The molecule has 4 N–H and O–H groups in total. The van der Waals surface area contributed by atoms with Crippen molar-refractivity contribution in [2.24, 2.45) is 11.8 Å². The summed E-state index contributed by atoms with van der Waals surface area (Å²) >= 11 is 0. The molecule has 4 amide bonds. The molecule has 3 aromatic carbocycles. The van der Waals surface area contributed by atoms with Crippen molar-refractivity contribution in [2.45, 2.75) is 115 Å². The van der Waals surface area contributed by atoms with E-state index >= 15 is 0 Å². The van der Waals surface area contributed by atoms with Crippen LogP contribution in [0.2, 0.25) is 0 Å². The Morgan fingerprint density at radius 2 is 1.59 bits per heavy atom. The molecule has 4 aliphatic rings. The van der Waals surface area contributed by atoms with Gasteiger partial charge in [-0.1, -0.05) is 39.0 Å². The van der Waals surface area contributed by atoms with E-state index in [0.717, 1.165) is 93.4 Å². The van der Waals surface area contributed by atoms with Crippen molar-refractivity contribution in [3.8, 4) is 28.1 Å². The van der Waals surface area contributed by atoms with Gasteiger partial charge < -0.3 is 49.3 Å². The number of aromatic amines is 2. The summed E-state index contributed by atoms with van der Waals surface area (Å²) < 4.78 is 21.8. The number of likely N-dealkylation sites (tertiary alicyclic amines) is 2. The molecule has 4 aliphatic heterocycles. The quantitative estimate of drug-likeness (QED) is 0.108. The highest BCUT2D eigenvalue weighted by atomic mass is 16.5. The first-order valence-electron chi connectivity index (χ1n) is 22.7. The van der Waals surface area contributed by atoms with E-state index in [4.69, 9.17) is 28.9 Å². The fraction of sp³-hybridized carbons (Fsp3) is 0.500. The summed E-state index contributed by atoms with van der Waals surface area (Å²) in [6, 6.07) is 12.7. The van der Waals surface area contributed by atoms with Gasteiger partial charge in [0.15, 0.2) is 0 Å². The average molecular weight is 875 g/mol. The third-order valence-corrected chi connectivity index (χ3v) is 13.9. The van der Waals surface area contributed by atoms with Crippen molar-refractivity contribution >= 4 is 45.8 Å². The first-order chi connectivity index (χ1) is 31.0. The van der Waals surface area contributed by atoms with Gasteiger partial charge in [0.05, 0.1) is 49.2 Å². The molecule has 0 spiro atoms. The number of nitrogens with zero attached hydrogens (tertiary/aromatic N) is 4. The van der Waals surface area contributed by atoms with E-state index in [1.165, 1.54) is 14.2 Å². The van der Waals surface area contributed by atoms with Gasteiger partial charge in [0.1, 0.15) is 36.1 Å². The topological polar surface area (TPSA) is 193 Å². The number of amides is 4. The number of H-pyrrole nitrogens is 2. The minimum absolute atomic E-state index is 0.0126. The third kappa shape index (κ3) is 7.90. The molecule has 16 nitrogen and oxygen atoms in total. The molecule has 3 saturated heterocycles. The SMILES string of the molecule is CC[C@H]1CCC(c2nc3ccc4cc5c(cc4c3[nH]2)OCc2cc(-c3cnc([C@@H]4CC[C@H](C)N4C(=O)[C@@H](NC(=O)OC)C(C)C)[nH]3)ccc2-5)N1C(=O)[C@@H](NC(=O)OC)C1CCOCC1. The number of carbonyl (C=O) groups is 4. The Hall–Kier alpha value is -6.16. The van der Waals surface area contributed by atoms with Crippen LogP contribution < -0.4 is 15.4 Å². The molecule has 6 heterocycles. The van der Waals surface area contributed by atoms with Gasteiger partial charge in [-0.2, -0.15) is 0 Å². The zero-order chi connectivity index (χ0) is 44.8. The molecule has 5 aromatic rings. The van der Waals surface area contributed by atoms with Crippen LogP contribution in [0.5, 0.6) is 5.75 Å². The highest BCUT2D eigenvalue weighted by Crippen LogP contribution is 2.44. The molecule has 338 valence electrons. The third-order valence-electron chi connectivity index (χ3n) is 13.9. The van der Waals surface area contributed by atoms with Crippen LogP contribution in [0.4, 0.5) is 9.59 Å². The predicted molar refractivity (Wildman–Crippen MR) is 239 cm³/mol. The highest BCUT2D eigenvalue weighted by molar-refractivity contribution is 6.07. The zero-order valence-corrected chi connectivity index (χ0v) is 37.4. The molecule has 0 aliphatic carbocycles. The summed E-state index contributed by atoms with van der Waals surface area (Å²) in [7, 11) is 2.61. The van der Waals surface area contributed by atoms with Crippen LogP contribution in [0.1, 0.15) is 102 Å². The lowest BCUT2D eigenvalue weighted by molar-refractivity contribution is -0.139. The van der Waals surface area contributed by atoms with Gasteiger partial charge in [-0.3, -0.25) is 9.59 Å². The number of fused-ring (bicyclic) bond motifs is 6. The van der Waals surface area contributed by atoms with Gasteiger partial charge in [0.25, 0.3) is 0 Å². The van der Waals surface area contributed by atoms with Crippen molar-refractivity contribution in [3.63, 3.8) is 0 Å². The highest BCUT2D eigenvalue weighted by Gasteiger charge is 2.45. The van der Waals surface area contributed by atoms with E-state index in [9.17, 15) is 19.2 Å². The monoisotopic (exact) mass is 874 g/mol. The fourth-order valence-corrected chi connectivity index (χ4v) is 10.4. The maximum absolute atomic E-state index is 14.5. The maximum atomic E-state index is 14.5. The van der Waals surface area contributed by atoms with Gasteiger partial charge >= 0.3 is 12.2 Å². The zero-order valence-electron chi connectivity index (χ0n) is 37.4. The summed E-state index contributed by atoms with van der Waals surface area (Å²) in [5.41, 5.74) is 6.61. The van der Waals surface area contributed by atoms with Crippen LogP contribution in [0.15, 0.2) is 48.7 Å². The number of alkyl carbamates (subject to hydrolysis) is 2. The van der Waals surface area contributed by atoms with Crippen LogP contribution in [0, 0.1) is 11.8 Å². The summed E-state index contributed by atoms with van der Waals surface area (Å²) in [5.74, 6) is 1.76. The molecule has 64 heavy (non-hydrogen) atoms. The van der Waals surface area contributed by atoms with Gasteiger partial charge in [-0.05, 0) is 110 Å². The molecule has 3 fully saturated rings. The smallest absolute Gasteiger partial charge is 0.407 e. The maximum Gasteiger partial charge on any atom is 0.407 e. The van der Waals surface area contributed by atoms with E-state index in [2.05, 4.69) is 63.9 Å². The predicted octanol–water partition coefficient (Wildman–Crippen LogP) is 7.69. The molecule has 0 radical (unpaired) electrons. The van der Waals surface area contributed by atoms with Crippen molar-refractivity contribution in [2.75, 3.05) is 27.4 Å². The second-order valence-electron chi connectivity index (χ2n) is 18.0. The van der Waals surface area contributed by atoms with E-state index in [1.54, 1.807) is 0 Å². The minimum Gasteiger partial charge on any atom is -0.488 e. The van der Waals surface area contributed by atoms with E-state index in [0.29, 0.717) is 38.5 Å². The van der Waals surface area contributed by atoms with Gasteiger partial charge in [-0.15, -0.1) is 0 Å². The Morgan fingerprint density at radius 3 is 2.34 bits per heavy atom. The summed E-state index contributed by atoms with van der Waals surface area (Å²) in [5, 5.41) is 7.61. The Labute approximate surface area is 372 Å². The van der Waals surface area contributed by atoms with Crippen LogP contribution in [0.25, 0.3) is 44.2 Å².